The predicted molar refractivity (Wildman–Crippen MR) is 107 cm³/mol. The summed E-state index contributed by atoms with van der Waals surface area (Å²) in [5.74, 6) is 0.606. The number of rotatable bonds is 5. The van der Waals surface area contributed by atoms with E-state index in [0.717, 1.165) is 32.2 Å². The van der Waals surface area contributed by atoms with Crippen molar-refractivity contribution in [1.82, 2.24) is 15.5 Å². The Labute approximate surface area is 167 Å². The molecule has 7 heteroatoms. The molecule has 27 heavy (non-hydrogen) atoms. The first-order chi connectivity index (χ1) is 12.6. The zero-order valence-corrected chi connectivity index (χ0v) is 16.7. The summed E-state index contributed by atoms with van der Waals surface area (Å²) >= 11 is 0. The number of piperidine rings is 2. The molecule has 0 bridgehead atoms. The van der Waals surface area contributed by atoms with Crippen molar-refractivity contribution >= 4 is 24.2 Å². The summed E-state index contributed by atoms with van der Waals surface area (Å²) in [5.41, 5.74) is 0. The normalized spacial score (nSPS) is 25.2. The van der Waals surface area contributed by atoms with E-state index in [1.54, 1.807) is 4.90 Å². The molecule has 3 unspecified atom stereocenters. The number of halogens is 1. The number of carbonyl (C=O) groups is 2. The molecule has 0 radical (unpaired) electrons. The molecule has 2 heterocycles. The molecule has 2 fully saturated rings. The molecule has 150 valence electrons. The van der Waals surface area contributed by atoms with Gasteiger partial charge in [0.2, 0.25) is 5.91 Å². The minimum absolute atomic E-state index is 0. The molecule has 0 saturated carbocycles. The van der Waals surface area contributed by atoms with E-state index in [9.17, 15) is 9.59 Å². The van der Waals surface area contributed by atoms with E-state index in [0.29, 0.717) is 24.9 Å². The second-order valence-corrected chi connectivity index (χ2v) is 7.37. The highest BCUT2D eigenvalue weighted by Gasteiger charge is 2.30. The first-order valence-corrected chi connectivity index (χ1v) is 9.61. The standard InChI is InChI=1S/C20H29N3O3.ClH/c1-15-12-17(9-10-21-15)22-20(25)16-6-5-11-23(13-16)19(24)14-26-18-7-3-2-4-8-18;/h2-4,7-8,15-17,21H,5-6,9-14H2,1H3,(H,22,25);1H. The van der Waals surface area contributed by atoms with Crippen LogP contribution in [0.1, 0.15) is 32.6 Å². The van der Waals surface area contributed by atoms with Crippen molar-refractivity contribution in [3.05, 3.63) is 30.3 Å². The zero-order chi connectivity index (χ0) is 18.4. The first kappa shape index (κ1) is 21.5. The molecular weight excluding hydrogens is 366 g/mol. The predicted octanol–water partition coefficient (Wildman–Crippen LogP) is 1.98. The number of hydrogen-bond acceptors (Lipinski definition) is 4. The van der Waals surface area contributed by atoms with Crippen molar-refractivity contribution in [2.45, 2.75) is 44.7 Å². The number of amides is 2. The first-order valence-electron chi connectivity index (χ1n) is 9.61. The highest BCUT2D eigenvalue weighted by Crippen LogP contribution is 2.19. The van der Waals surface area contributed by atoms with Gasteiger partial charge in [0.05, 0.1) is 5.92 Å². The average Bonchev–Trinajstić information content (AvgIpc) is 2.67. The lowest BCUT2D eigenvalue weighted by Crippen LogP contribution is -2.51. The van der Waals surface area contributed by atoms with Gasteiger partial charge in [0.1, 0.15) is 5.75 Å². The Morgan fingerprint density at radius 1 is 1.26 bits per heavy atom. The van der Waals surface area contributed by atoms with Crippen LogP contribution in [-0.4, -0.2) is 55.0 Å². The maximum Gasteiger partial charge on any atom is 0.260 e. The highest BCUT2D eigenvalue weighted by atomic mass is 35.5. The molecule has 2 amide bonds. The van der Waals surface area contributed by atoms with E-state index in [4.69, 9.17) is 4.74 Å². The van der Waals surface area contributed by atoms with E-state index in [1.807, 2.05) is 30.3 Å². The molecule has 1 aromatic rings. The van der Waals surface area contributed by atoms with Crippen molar-refractivity contribution in [1.29, 1.82) is 0 Å². The van der Waals surface area contributed by atoms with Crippen LogP contribution < -0.4 is 15.4 Å². The summed E-state index contributed by atoms with van der Waals surface area (Å²) < 4.78 is 5.55. The maximum atomic E-state index is 12.6. The van der Waals surface area contributed by atoms with Crippen LogP contribution in [0, 0.1) is 5.92 Å². The Balaban J connectivity index is 0.00000261. The zero-order valence-electron chi connectivity index (χ0n) is 15.9. The van der Waals surface area contributed by atoms with Gasteiger partial charge in [-0.2, -0.15) is 0 Å². The topological polar surface area (TPSA) is 70.7 Å². The van der Waals surface area contributed by atoms with E-state index in [-0.39, 0.29) is 42.8 Å². The third-order valence-corrected chi connectivity index (χ3v) is 5.22. The summed E-state index contributed by atoms with van der Waals surface area (Å²) in [6.07, 6.45) is 3.63. The van der Waals surface area contributed by atoms with E-state index in [2.05, 4.69) is 17.6 Å². The number of nitrogens with one attached hydrogen (secondary N) is 2. The number of para-hydroxylation sites is 1. The van der Waals surface area contributed by atoms with Crippen LogP contribution >= 0.6 is 12.4 Å². The van der Waals surface area contributed by atoms with Gasteiger partial charge in [-0.3, -0.25) is 9.59 Å². The number of likely N-dealkylation sites (tertiary alicyclic amines) is 1. The van der Waals surface area contributed by atoms with Crippen LogP contribution in [0.2, 0.25) is 0 Å². The fourth-order valence-electron chi connectivity index (χ4n) is 3.75. The fraction of sp³-hybridized carbons (Fsp3) is 0.600. The minimum atomic E-state index is -0.116. The van der Waals surface area contributed by atoms with Gasteiger partial charge in [-0.05, 0) is 51.3 Å². The monoisotopic (exact) mass is 395 g/mol. The van der Waals surface area contributed by atoms with Gasteiger partial charge in [-0.15, -0.1) is 12.4 Å². The van der Waals surface area contributed by atoms with Crippen LogP contribution in [0.25, 0.3) is 0 Å². The quantitative estimate of drug-likeness (QED) is 0.799. The van der Waals surface area contributed by atoms with Crippen LogP contribution in [0.3, 0.4) is 0 Å². The molecular formula is C20H30ClN3O3. The molecule has 1 aromatic carbocycles. The third-order valence-electron chi connectivity index (χ3n) is 5.22. The number of nitrogens with zero attached hydrogens (tertiary/aromatic N) is 1. The minimum Gasteiger partial charge on any atom is -0.484 e. The Morgan fingerprint density at radius 2 is 2.04 bits per heavy atom. The number of hydrogen-bond donors (Lipinski definition) is 2. The van der Waals surface area contributed by atoms with Crippen LogP contribution in [-0.2, 0) is 9.59 Å². The Hall–Kier alpha value is -1.79. The molecule has 2 saturated heterocycles. The van der Waals surface area contributed by atoms with Crippen LogP contribution in [0.15, 0.2) is 30.3 Å². The smallest absolute Gasteiger partial charge is 0.260 e. The van der Waals surface area contributed by atoms with Gasteiger partial charge < -0.3 is 20.3 Å². The number of ether oxygens (including phenoxy) is 1. The summed E-state index contributed by atoms with van der Waals surface area (Å²) in [5, 5.41) is 6.58. The Kier molecular flexibility index (Phi) is 8.38. The second kappa shape index (κ2) is 10.5. The molecule has 0 aromatic heterocycles. The highest BCUT2D eigenvalue weighted by molar-refractivity contribution is 5.85. The maximum absolute atomic E-state index is 12.6. The van der Waals surface area contributed by atoms with Crippen molar-refractivity contribution in [2.24, 2.45) is 5.92 Å². The summed E-state index contributed by atoms with van der Waals surface area (Å²) in [6.45, 7) is 4.29. The van der Waals surface area contributed by atoms with Crippen LogP contribution in [0.4, 0.5) is 0 Å². The van der Waals surface area contributed by atoms with Gasteiger partial charge in [0.15, 0.2) is 6.61 Å². The lowest BCUT2D eigenvalue weighted by Gasteiger charge is -2.34. The summed E-state index contributed by atoms with van der Waals surface area (Å²) in [7, 11) is 0. The van der Waals surface area contributed by atoms with E-state index < -0.39 is 0 Å². The second-order valence-electron chi connectivity index (χ2n) is 7.37. The van der Waals surface area contributed by atoms with Crippen molar-refractivity contribution in [3.63, 3.8) is 0 Å². The Bertz CT molecular complexity index is 614. The van der Waals surface area contributed by atoms with Crippen molar-refractivity contribution in [2.75, 3.05) is 26.2 Å². The lowest BCUT2D eigenvalue weighted by molar-refractivity contribution is -0.137. The number of carbonyl (C=O) groups excluding carboxylic acids is 2. The van der Waals surface area contributed by atoms with E-state index in [1.165, 1.54) is 0 Å². The van der Waals surface area contributed by atoms with Crippen molar-refractivity contribution < 1.29 is 14.3 Å². The SMILES string of the molecule is CC1CC(NC(=O)C2CCCN(C(=O)COc3ccccc3)C2)CCN1.Cl. The lowest BCUT2D eigenvalue weighted by atomic mass is 9.95. The van der Waals surface area contributed by atoms with Gasteiger partial charge >= 0.3 is 0 Å². The fourth-order valence-corrected chi connectivity index (χ4v) is 3.75. The van der Waals surface area contributed by atoms with Crippen molar-refractivity contribution in [3.8, 4) is 5.75 Å². The number of benzene rings is 1. The molecule has 3 rings (SSSR count). The molecule has 2 N–H and O–H groups in total. The van der Waals surface area contributed by atoms with Crippen LogP contribution in [0.5, 0.6) is 5.75 Å². The van der Waals surface area contributed by atoms with Gasteiger partial charge in [0, 0.05) is 25.2 Å². The van der Waals surface area contributed by atoms with Gasteiger partial charge in [-0.25, -0.2) is 0 Å². The summed E-state index contributed by atoms with van der Waals surface area (Å²) in [6, 6.07) is 10.0. The molecule has 0 aliphatic carbocycles. The average molecular weight is 396 g/mol. The van der Waals surface area contributed by atoms with E-state index >= 15 is 0 Å². The summed E-state index contributed by atoms with van der Waals surface area (Å²) in [4.78, 5) is 26.8. The largest absolute Gasteiger partial charge is 0.484 e. The van der Waals surface area contributed by atoms with Gasteiger partial charge in [-0.1, -0.05) is 18.2 Å². The molecule has 2 aliphatic heterocycles. The molecule has 3 atom stereocenters. The third kappa shape index (κ3) is 6.40. The molecule has 0 spiro atoms. The van der Waals surface area contributed by atoms with Gasteiger partial charge in [0.25, 0.3) is 5.91 Å². The Morgan fingerprint density at radius 3 is 2.78 bits per heavy atom. The molecule has 2 aliphatic rings. The molecule has 6 nitrogen and oxygen atoms in total.